The fourth-order valence-corrected chi connectivity index (χ4v) is 2.62. The minimum atomic E-state index is -0.555. The van der Waals surface area contributed by atoms with Gasteiger partial charge in [-0.2, -0.15) is 21.5 Å². The van der Waals surface area contributed by atoms with Crippen LogP contribution in [0.15, 0.2) is 18.2 Å². The second-order valence-electron chi connectivity index (χ2n) is 6.39. The number of carbonyl (C=O) groups is 1. The zero-order valence-corrected chi connectivity index (χ0v) is 14.1. The number of hydrogen-bond donors (Lipinski definition) is 0. The molecule has 1 aliphatic rings. The second-order valence-corrected chi connectivity index (χ2v) is 7.73. The van der Waals surface area contributed by atoms with Crippen molar-refractivity contribution >= 4 is 28.8 Å². The monoisotopic (exact) mass is 320 g/mol. The van der Waals surface area contributed by atoms with E-state index in [9.17, 15) is 4.79 Å². The molecule has 0 N–H and O–H groups in total. The van der Waals surface area contributed by atoms with E-state index in [0.29, 0.717) is 17.4 Å². The van der Waals surface area contributed by atoms with Crippen LogP contribution in [-0.4, -0.2) is 39.1 Å². The Bertz CT molecular complexity index is 714. The van der Waals surface area contributed by atoms with Crippen LogP contribution >= 0.6 is 11.8 Å². The van der Waals surface area contributed by atoms with E-state index in [2.05, 4.69) is 5.10 Å². The van der Waals surface area contributed by atoms with Gasteiger partial charge in [-0.25, -0.2) is 4.79 Å². The van der Waals surface area contributed by atoms with Crippen LogP contribution in [-0.2, 0) is 4.74 Å². The first kappa shape index (κ1) is 15.2. The first-order valence-electron chi connectivity index (χ1n) is 7.31. The van der Waals surface area contributed by atoms with Gasteiger partial charge in [-0.05, 0) is 39.8 Å². The van der Waals surface area contributed by atoms with E-state index >= 15 is 0 Å². The maximum absolute atomic E-state index is 12.3. The molecule has 2 aromatic rings. The molecule has 0 unspecified atom stereocenters. The minimum Gasteiger partial charge on any atom is -0.492 e. The SMILES string of the molecule is Cc1nn(C(=O)OC(C)(C)C)c2cccc(OC[C@@H]3CS3)c12. The van der Waals surface area contributed by atoms with Crippen molar-refractivity contribution in [2.75, 3.05) is 12.4 Å². The molecule has 5 nitrogen and oxygen atoms in total. The van der Waals surface area contributed by atoms with E-state index in [1.165, 1.54) is 4.68 Å². The van der Waals surface area contributed by atoms with Gasteiger partial charge in [0, 0.05) is 11.0 Å². The number of thioether (sulfide) groups is 1. The predicted molar refractivity (Wildman–Crippen MR) is 87.8 cm³/mol. The molecule has 0 radical (unpaired) electrons. The molecule has 0 aliphatic carbocycles. The van der Waals surface area contributed by atoms with Gasteiger partial charge in [-0.3, -0.25) is 0 Å². The summed E-state index contributed by atoms with van der Waals surface area (Å²) in [5.74, 6) is 1.93. The second kappa shape index (κ2) is 5.50. The maximum atomic E-state index is 12.3. The number of benzene rings is 1. The lowest BCUT2D eigenvalue weighted by molar-refractivity contribution is 0.0522. The number of aryl methyl sites for hydroxylation is 1. The summed E-state index contributed by atoms with van der Waals surface area (Å²) in [4.78, 5) is 12.3. The van der Waals surface area contributed by atoms with Crippen LogP contribution in [0.2, 0.25) is 0 Å². The molecule has 0 spiro atoms. The van der Waals surface area contributed by atoms with E-state index in [1.54, 1.807) is 0 Å². The molecule has 0 saturated carbocycles. The Morgan fingerprint density at radius 2 is 2.18 bits per heavy atom. The topological polar surface area (TPSA) is 53.4 Å². The van der Waals surface area contributed by atoms with Crippen molar-refractivity contribution in [3.05, 3.63) is 23.9 Å². The van der Waals surface area contributed by atoms with Crippen molar-refractivity contribution in [1.82, 2.24) is 9.78 Å². The smallest absolute Gasteiger partial charge is 0.435 e. The van der Waals surface area contributed by atoms with E-state index < -0.39 is 11.7 Å². The molecule has 1 aromatic carbocycles. The lowest BCUT2D eigenvalue weighted by Crippen LogP contribution is -2.27. The van der Waals surface area contributed by atoms with Crippen molar-refractivity contribution in [2.45, 2.75) is 38.5 Å². The van der Waals surface area contributed by atoms with Gasteiger partial charge in [0.05, 0.1) is 16.6 Å². The number of carbonyl (C=O) groups excluding carboxylic acids is 1. The van der Waals surface area contributed by atoms with Gasteiger partial charge < -0.3 is 9.47 Å². The van der Waals surface area contributed by atoms with Crippen molar-refractivity contribution in [2.24, 2.45) is 0 Å². The summed E-state index contributed by atoms with van der Waals surface area (Å²) >= 11 is 1.89. The summed E-state index contributed by atoms with van der Waals surface area (Å²) in [7, 11) is 0. The average Bonchev–Trinajstić information content (AvgIpc) is 3.18. The number of aromatic nitrogens is 2. The van der Waals surface area contributed by atoms with Gasteiger partial charge >= 0.3 is 6.09 Å². The van der Waals surface area contributed by atoms with E-state index in [4.69, 9.17) is 9.47 Å². The Morgan fingerprint density at radius 1 is 1.45 bits per heavy atom. The van der Waals surface area contributed by atoms with Gasteiger partial charge in [-0.15, -0.1) is 0 Å². The molecule has 0 amide bonds. The lowest BCUT2D eigenvalue weighted by Gasteiger charge is -2.19. The van der Waals surface area contributed by atoms with Crippen LogP contribution < -0.4 is 4.74 Å². The van der Waals surface area contributed by atoms with Gasteiger partial charge in [-0.1, -0.05) is 6.07 Å². The summed E-state index contributed by atoms with van der Waals surface area (Å²) in [6.45, 7) is 8.09. The van der Waals surface area contributed by atoms with E-state index in [1.807, 2.05) is 57.7 Å². The first-order valence-corrected chi connectivity index (χ1v) is 8.36. The number of hydrogen-bond acceptors (Lipinski definition) is 5. The fraction of sp³-hybridized carbons (Fsp3) is 0.500. The van der Waals surface area contributed by atoms with E-state index in [-0.39, 0.29) is 0 Å². The number of nitrogens with zero attached hydrogens (tertiary/aromatic N) is 2. The van der Waals surface area contributed by atoms with Gasteiger partial charge in [0.25, 0.3) is 0 Å². The molecular formula is C16H20N2O3S. The van der Waals surface area contributed by atoms with Crippen LogP contribution in [0.3, 0.4) is 0 Å². The summed E-state index contributed by atoms with van der Waals surface area (Å²) < 4.78 is 12.6. The van der Waals surface area contributed by atoms with Gasteiger partial charge in [0.15, 0.2) is 0 Å². The number of fused-ring (bicyclic) bond motifs is 1. The Labute approximate surface area is 134 Å². The summed E-state index contributed by atoms with van der Waals surface area (Å²) in [5, 5.41) is 5.80. The highest BCUT2D eigenvalue weighted by Gasteiger charge is 2.25. The highest BCUT2D eigenvalue weighted by molar-refractivity contribution is 8.06. The third-order valence-electron chi connectivity index (χ3n) is 3.24. The molecule has 1 aromatic heterocycles. The number of rotatable bonds is 3. The van der Waals surface area contributed by atoms with Gasteiger partial charge in [0.1, 0.15) is 18.0 Å². The molecule has 1 saturated heterocycles. The third kappa shape index (κ3) is 3.21. The van der Waals surface area contributed by atoms with Crippen LogP contribution in [0, 0.1) is 6.92 Å². The highest BCUT2D eigenvalue weighted by atomic mass is 32.2. The van der Waals surface area contributed by atoms with Crippen LogP contribution in [0.4, 0.5) is 4.79 Å². The largest absolute Gasteiger partial charge is 0.492 e. The molecule has 0 bridgehead atoms. The Kier molecular flexibility index (Phi) is 3.80. The first-order chi connectivity index (χ1) is 10.3. The molecule has 1 fully saturated rings. The zero-order valence-electron chi connectivity index (χ0n) is 13.3. The van der Waals surface area contributed by atoms with Gasteiger partial charge in [0.2, 0.25) is 0 Å². The molecule has 3 rings (SSSR count). The van der Waals surface area contributed by atoms with E-state index in [0.717, 1.165) is 22.6 Å². The maximum Gasteiger partial charge on any atom is 0.435 e. The minimum absolute atomic E-state index is 0.472. The summed E-state index contributed by atoms with van der Waals surface area (Å²) in [6, 6.07) is 5.65. The molecule has 1 aliphatic heterocycles. The fourth-order valence-electron chi connectivity index (χ4n) is 2.23. The number of ether oxygens (including phenoxy) is 2. The van der Waals surface area contributed by atoms with Crippen LogP contribution in [0.1, 0.15) is 26.5 Å². The van der Waals surface area contributed by atoms with Crippen molar-refractivity contribution in [3.63, 3.8) is 0 Å². The quantitative estimate of drug-likeness (QED) is 0.809. The average molecular weight is 320 g/mol. The van der Waals surface area contributed by atoms with Crippen molar-refractivity contribution < 1.29 is 14.3 Å². The molecule has 6 heteroatoms. The molecule has 1 atom stereocenters. The van der Waals surface area contributed by atoms with Crippen LogP contribution in [0.25, 0.3) is 10.9 Å². The lowest BCUT2D eigenvalue weighted by atomic mass is 10.2. The highest BCUT2D eigenvalue weighted by Crippen LogP contribution is 2.33. The molecule has 22 heavy (non-hydrogen) atoms. The Balaban J connectivity index is 1.95. The Morgan fingerprint density at radius 3 is 2.82 bits per heavy atom. The molecule has 118 valence electrons. The van der Waals surface area contributed by atoms with Crippen molar-refractivity contribution in [1.29, 1.82) is 0 Å². The van der Waals surface area contributed by atoms with Crippen molar-refractivity contribution in [3.8, 4) is 5.75 Å². The Hall–Kier alpha value is -1.69. The normalized spacial score (nSPS) is 17.5. The third-order valence-corrected chi connectivity index (χ3v) is 4.18. The molecule has 2 heterocycles. The summed E-state index contributed by atoms with van der Waals surface area (Å²) in [6.07, 6.45) is -0.472. The van der Waals surface area contributed by atoms with Crippen LogP contribution in [0.5, 0.6) is 5.75 Å². The standard InChI is InChI=1S/C16H20N2O3S/c1-10-14-12(18(17-10)15(19)21-16(2,3)4)6-5-7-13(14)20-8-11-9-22-11/h5-7,11H,8-9H2,1-4H3/t11-/m1/s1. The summed E-state index contributed by atoms with van der Waals surface area (Å²) in [5.41, 5.74) is 0.924. The predicted octanol–water partition coefficient (Wildman–Crippen LogP) is 3.62. The zero-order chi connectivity index (χ0) is 15.9. The molecular weight excluding hydrogens is 300 g/mol.